The van der Waals surface area contributed by atoms with Gasteiger partial charge in [-0.25, -0.2) is 0 Å². The Hall–Kier alpha value is -2.93. The fourth-order valence-corrected chi connectivity index (χ4v) is 5.54. The van der Waals surface area contributed by atoms with Gasteiger partial charge in [0.25, 0.3) is 5.91 Å². The van der Waals surface area contributed by atoms with Crippen molar-refractivity contribution in [1.82, 2.24) is 25.3 Å². The monoisotopic (exact) mass is 629 g/mol. The molecule has 0 aromatic rings. The number of hydrogen-bond acceptors (Lipinski definition) is 8. The number of hydrogen-bond donors (Lipinski definition) is 3. The lowest BCUT2D eigenvalue weighted by atomic mass is 9.94. The molecule has 2 saturated heterocycles. The summed E-state index contributed by atoms with van der Waals surface area (Å²) in [5.74, 6) is -4.24. The Morgan fingerprint density at radius 3 is 2.23 bits per heavy atom. The van der Waals surface area contributed by atoms with Gasteiger partial charge in [-0.15, -0.1) is 11.6 Å². The molecule has 2 rings (SSSR count). The molecular formula is C29H48ClN5O8. The first-order chi connectivity index (χ1) is 20.2. The van der Waals surface area contributed by atoms with Gasteiger partial charge in [0.1, 0.15) is 24.2 Å². The van der Waals surface area contributed by atoms with E-state index in [1.54, 1.807) is 13.8 Å². The number of nitrogens with zero attached hydrogens (tertiary/aromatic N) is 3. The SMILES string of the molecule is CCC(C)C1NC(=O)[C@H]2CCCN2C(=O)[C@H](CC(O)CCl)OC(=O)CCNC(=O)[C@@H](C)N(C)C(=O)C(C(C)C)N(C)C1=O. The van der Waals surface area contributed by atoms with Crippen LogP contribution in [-0.4, -0.2) is 125 Å². The maximum absolute atomic E-state index is 13.9. The number of cyclic esters (lactones) is 1. The van der Waals surface area contributed by atoms with Crippen molar-refractivity contribution in [3.05, 3.63) is 0 Å². The van der Waals surface area contributed by atoms with Crippen molar-refractivity contribution in [2.24, 2.45) is 11.8 Å². The fourth-order valence-electron chi connectivity index (χ4n) is 5.41. The van der Waals surface area contributed by atoms with Crippen molar-refractivity contribution in [2.75, 3.05) is 33.1 Å². The van der Waals surface area contributed by atoms with E-state index in [1.807, 2.05) is 13.8 Å². The number of amides is 5. The summed E-state index contributed by atoms with van der Waals surface area (Å²) in [6.45, 7) is 8.91. The largest absolute Gasteiger partial charge is 0.452 e. The highest BCUT2D eigenvalue weighted by atomic mass is 35.5. The van der Waals surface area contributed by atoms with Crippen LogP contribution in [0.4, 0.5) is 0 Å². The molecular weight excluding hydrogens is 582 g/mol. The molecule has 0 saturated carbocycles. The molecule has 0 bridgehead atoms. The van der Waals surface area contributed by atoms with E-state index in [9.17, 15) is 33.9 Å². The standard InChI is InChI=1S/C29H48ClN5O8/c1-8-17(4)23-28(41)34(7)24(16(2)3)29(42)33(6)18(5)25(38)31-12-11-22(37)43-21(14-19(36)15-30)27(40)35-13-9-10-20(35)26(39)32-23/h16-21,23-24,36H,8-15H2,1-7H3,(H,31,38)(H,32,39)/t17?,18-,19?,20-,21+,23?,24?/m1/s1. The van der Waals surface area contributed by atoms with Crippen molar-refractivity contribution < 1.29 is 38.6 Å². The van der Waals surface area contributed by atoms with Crippen LogP contribution in [0.2, 0.25) is 0 Å². The molecule has 244 valence electrons. The van der Waals surface area contributed by atoms with Crippen molar-refractivity contribution >= 4 is 47.1 Å². The van der Waals surface area contributed by atoms with Gasteiger partial charge in [0.2, 0.25) is 23.6 Å². The predicted molar refractivity (Wildman–Crippen MR) is 159 cm³/mol. The molecule has 0 radical (unpaired) electrons. The zero-order chi connectivity index (χ0) is 32.6. The molecule has 0 spiro atoms. The lowest BCUT2D eigenvalue weighted by Gasteiger charge is -2.38. The topological polar surface area (TPSA) is 166 Å². The average Bonchev–Trinajstić information content (AvgIpc) is 3.46. The molecule has 43 heavy (non-hydrogen) atoms. The molecule has 2 heterocycles. The minimum absolute atomic E-state index is 0.125. The number of fused-ring (bicyclic) bond motifs is 1. The highest BCUT2D eigenvalue weighted by Gasteiger charge is 2.43. The second-order valence-electron chi connectivity index (χ2n) is 11.9. The van der Waals surface area contributed by atoms with Gasteiger partial charge in [0.05, 0.1) is 12.5 Å². The van der Waals surface area contributed by atoms with Gasteiger partial charge in [-0.05, 0) is 31.6 Å². The first kappa shape index (κ1) is 36.3. The lowest BCUT2D eigenvalue weighted by Crippen LogP contribution is -2.60. The zero-order valence-electron chi connectivity index (χ0n) is 26.3. The van der Waals surface area contributed by atoms with Crippen LogP contribution in [0.1, 0.15) is 66.7 Å². The first-order valence-electron chi connectivity index (χ1n) is 15.0. The lowest BCUT2D eigenvalue weighted by molar-refractivity contribution is -0.163. The van der Waals surface area contributed by atoms with Crippen molar-refractivity contribution in [2.45, 2.75) is 103 Å². The van der Waals surface area contributed by atoms with E-state index < -0.39 is 71.9 Å². The predicted octanol–water partition coefficient (Wildman–Crippen LogP) is 0.260. The third-order valence-electron chi connectivity index (χ3n) is 8.41. The second-order valence-corrected chi connectivity index (χ2v) is 12.2. The number of ether oxygens (including phenoxy) is 1. The first-order valence-corrected chi connectivity index (χ1v) is 15.5. The number of alkyl halides is 1. The number of esters is 1. The van der Waals surface area contributed by atoms with E-state index in [4.69, 9.17) is 16.3 Å². The Labute approximate surface area is 259 Å². The molecule has 0 aliphatic carbocycles. The third kappa shape index (κ3) is 9.04. The number of rotatable bonds is 6. The highest BCUT2D eigenvalue weighted by Crippen LogP contribution is 2.23. The summed E-state index contributed by atoms with van der Waals surface area (Å²) in [5, 5.41) is 15.6. The Bertz CT molecular complexity index is 1040. The maximum Gasteiger partial charge on any atom is 0.308 e. The molecule has 7 atom stereocenters. The van der Waals surface area contributed by atoms with Crippen LogP contribution in [0, 0.1) is 11.8 Å². The number of carbonyl (C=O) groups excluding carboxylic acids is 6. The summed E-state index contributed by atoms with van der Waals surface area (Å²) >= 11 is 5.76. The van der Waals surface area contributed by atoms with Gasteiger partial charge >= 0.3 is 5.97 Å². The minimum atomic E-state index is -1.40. The molecule has 0 aromatic heterocycles. The maximum atomic E-state index is 13.9. The van der Waals surface area contributed by atoms with Gasteiger partial charge in [-0.3, -0.25) is 28.8 Å². The summed E-state index contributed by atoms with van der Waals surface area (Å²) in [7, 11) is 2.98. The van der Waals surface area contributed by atoms with Crippen molar-refractivity contribution in [3.63, 3.8) is 0 Å². The quantitative estimate of drug-likeness (QED) is 0.278. The Morgan fingerprint density at radius 1 is 1.00 bits per heavy atom. The normalized spacial score (nSPS) is 28.9. The van der Waals surface area contributed by atoms with Crippen LogP contribution in [0.25, 0.3) is 0 Å². The molecule has 14 heteroatoms. The van der Waals surface area contributed by atoms with E-state index in [0.29, 0.717) is 19.3 Å². The van der Waals surface area contributed by atoms with Crippen LogP contribution in [0.15, 0.2) is 0 Å². The summed E-state index contributed by atoms with van der Waals surface area (Å²) in [4.78, 5) is 84.3. The molecule has 2 fully saturated rings. The van der Waals surface area contributed by atoms with Crippen molar-refractivity contribution in [3.8, 4) is 0 Å². The number of aliphatic hydroxyl groups excluding tert-OH is 1. The average molecular weight is 630 g/mol. The molecule has 4 unspecified atom stereocenters. The molecule has 2 aliphatic rings. The van der Waals surface area contributed by atoms with Crippen LogP contribution >= 0.6 is 11.6 Å². The van der Waals surface area contributed by atoms with Crippen LogP contribution in [0.5, 0.6) is 0 Å². The smallest absolute Gasteiger partial charge is 0.308 e. The molecule has 5 amide bonds. The van der Waals surface area contributed by atoms with Gasteiger partial charge < -0.3 is 35.2 Å². The van der Waals surface area contributed by atoms with Gasteiger partial charge in [0, 0.05) is 39.5 Å². The van der Waals surface area contributed by atoms with E-state index in [-0.39, 0.29) is 43.6 Å². The van der Waals surface area contributed by atoms with Gasteiger partial charge in [-0.1, -0.05) is 34.1 Å². The number of halogens is 1. The summed E-state index contributed by atoms with van der Waals surface area (Å²) in [5.41, 5.74) is 0. The molecule has 13 nitrogen and oxygen atoms in total. The summed E-state index contributed by atoms with van der Waals surface area (Å²) in [6, 6.07) is -3.77. The molecule has 0 aromatic carbocycles. The number of nitrogens with one attached hydrogen (secondary N) is 2. The second kappa shape index (κ2) is 16.2. The molecule has 2 aliphatic heterocycles. The van der Waals surface area contributed by atoms with Crippen LogP contribution in [0.3, 0.4) is 0 Å². The van der Waals surface area contributed by atoms with Crippen LogP contribution < -0.4 is 10.6 Å². The Morgan fingerprint density at radius 2 is 1.65 bits per heavy atom. The zero-order valence-corrected chi connectivity index (χ0v) is 27.1. The minimum Gasteiger partial charge on any atom is -0.452 e. The van der Waals surface area contributed by atoms with Crippen LogP contribution in [-0.2, 0) is 33.5 Å². The Balaban J connectivity index is 2.54. The van der Waals surface area contributed by atoms with E-state index in [0.717, 1.165) is 0 Å². The van der Waals surface area contributed by atoms with E-state index in [2.05, 4.69) is 10.6 Å². The van der Waals surface area contributed by atoms with E-state index >= 15 is 0 Å². The third-order valence-corrected chi connectivity index (χ3v) is 8.77. The summed E-state index contributed by atoms with van der Waals surface area (Å²) in [6.07, 6.45) is -1.72. The summed E-state index contributed by atoms with van der Waals surface area (Å²) < 4.78 is 5.44. The van der Waals surface area contributed by atoms with Gasteiger partial charge in [-0.2, -0.15) is 0 Å². The van der Waals surface area contributed by atoms with Crippen molar-refractivity contribution in [1.29, 1.82) is 0 Å². The molecule has 3 N–H and O–H groups in total. The fraction of sp³-hybridized carbons (Fsp3) is 0.793. The number of carbonyl (C=O) groups is 6. The van der Waals surface area contributed by atoms with E-state index in [1.165, 1.54) is 35.7 Å². The number of likely N-dealkylation sites (N-methyl/N-ethyl adjacent to an activating group) is 2. The Kier molecular flexibility index (Phi) is 13.7. The highest BCUT2D eigenvalue weighted by molar-refractivity contribution is 6.18. The number of aliphatic hydroxyl groups is 1. The van der Waals surface area contributed by atoms with Gasteiger partial charge in [0.15, 0.2) is 6.10 Å².